The third-order valence-corrected chi connectivity index (χ3v) is 6.00. The van der Waals surface area contributed by atoms with E-state index >= 15 is 0 Å². The van der Waals surface area contributed by atoms with Gasteiger partial charge in [-0.15, -0.1) is 0 Å². The maximum atomic E-state index is 12.8. The lowest BCUT2D eigenvalue weighted by molar-refractivity contribution is -0.131. The fourth-order valence-electron chi connectivity index (χ4n) is 4.71. The number of fused-ring (bicyclic) bond motifs is 1. The van der Waals surface area contributed by atoms with Gasteiger partial charge < -0.3 is 20.8 Å². The Morgan fingerprint density at radius 1 is 1.19 bits per heavy atom. The molecule has 0 aromatic heterocycles. The first-order valence-electron chi connectivity index (χ1n) is 10.8. The monoisotopic (exact) mass is 440 g/mol. The molecule has 0 saturated carbocycles. The zero-order chi connectivity index (χ0) is 22.4. The number of aliphatic hydroxyl groups excluding tert-OH is 2. The smallest absolute Gasteiger partial charge is 0.167 e. The average Bonchev–Trinajstić information content (AvgIpc) is 2.63. The van der Waals surface area contributed by atoms with Crippen LogP contribution < -0.4 is 0 Å². The Morgan fingerprint density at radius 2 is 1.87 bits per heavy atom. The van der Waals surface area contributed by atoms with Gasteiger partial charge in [0.15, 0.2) is 5.78 Å². The van der Waals surface area contributed by atoms with Gasteiger partial charge >= 0.3 is 0 Å². The molecule has 1 aromatic rings. The fourth-order valence-corrected chi connectivity index (χ4v) is 4.71. The number of carbonyl (C=O) groups excluding carboxylic acids is 3. The lowest BCUT2D eigenvalue weighted by Gasteiger charge is -2.32. The van der Waals surface area contributed by atoms with Crippen molar-refractivity contribution >= 4 is 17.3 Å². The predicted molar refractivity (Wildman–Crippen MR) is 121 cm³/mol. The van der Waals surface area contributed by atoms with Crippen molar-refractivity contribution in [3.05, 3.63) is 28.8 Å². The van der Waals surface area contributed by atoms with Gasteiger partial charge in [-0.2, -0.15) is 0 Å². The largest absolute Gasteiger partial charge is 0.507 e. The molecular formula is C24H40O7. The summed E-state index contributed by atoms with van der Waals surface area (Å²) >= 11 is 0. The number of rotatable bonds is 11. The van der Waals surface area contributed by atoms with Gasteiger partial charge in [0, 0.05) is 21.8 Å². The van der Waals surface area contributed by atoms with Crippen LogP contribution in [0.3, 0.4) is 0 Å². The van der Waals surface area contributed by atoms with Gasteiger partial charge in [0.05, 0.1) is 18.6 Å². The van der Waals surface area contributed by atoms with Crippen molar-refractivity contribution in [2.24, 2.45) is 23.7 Å². The molecular weight excluding hydrogens is 400 g/mol. The van der Waals surface area contributed by atoms with E-state index in [9.17, 15) is 29.7 Å². The van der Waals surface area contributed by atoms with Crippen LogP contribution in [0.2, 0.25) is 0 Å². The molecule has 0 amide bonds. The molecule has 1 aromatic carbocycles. The standard InChI is InChI=1S/C24H34O6.H2O.2H2/c1-14(2)8-17-4-5-21(28)24-19(17)11-16(12-23(24)30)10-18(6-7-25)20(13-26)22(29)9-15(3)27;;;/h4-5,14,16,18,20,25-26,28H,6-13H2,1-3H3;1H2;2*1H. The molecule has 178 valence electrons. The Morgan fingerprint density at radius 3 is 2.42 bits per heavy atom. The minimum atomic E-state index is -0.725. The van der Waals surface area contributed by atoms with Crippen molar-refractivity contribution in [1.29, 1.82) is 0 Å². The van der Waals surface area contributed by atoms with Crippen LogP contribution in [0.15, 0.2) is 12.1 Å². The SMILES string of the molecule is CC(=O)CC(=O)C(CO)C(CCO)CC1CC(=O)c2c(O)ccc(CC(C)C)c2C1.O.[HH].[HH]. The van der Waals surface area contributed by atoms with Crippen molar-refractivity contribution < 1.29 is 38.0 Å². The minimum absolute atomic E-state index is 0. The summed E-state index contributed by atoms with van der Waals surface area (Å²) in [5.74, 6) is -1.34. The lowest BCUT2D eigenvalue weighted by Crippen LogP contribution is -2.32. The molecule has 2 rings (SSSR count). The Kier molecular flexibility index (Phi) is 10.5. The van der Waals surface area contributed by atoms with Crippen LogP contribution in [0.1, 0.15) is 70.8 Å². The molecule has 1 aliphatic carbocycles. The van der Waals surface area contributed by atoms with Gasteiger partial charge in [0.25, 0.3) is 0 Å². The maximum Gasteiger partial charge on any atom is 0.167 e. The molecule has 0 heterocycles. The number of aliphatic hydroxyl groups is 2. The zero-order valence-electron chi connectivity index (χ0n) is 18.7. The van der Waals surface area contributed by atoms with Crippen LogP contribution in [-0.2, 0) is 22.4 Å². The third-order valence-electron chi connectivity index (χ3n) is 6.00. The molecule has 1 aliphatic rings. The maximum absolute atomic E-state index is 12.8. The normalized spacial score (nSPS) is 17.6. The van der Waals surface area contributed by atoms with E-state index in [0.29, 0.717) is 30.7 Å². The first-order valence-corrected chi connectivity index (χ1v) is 10.8. The molecule has 0 fully saturated rings. The second-order valence-electron chi connectivity index (χ2n) is 9.04. The van der Waals surface area contributed by atoms with Crippen molar-refractivity contribution in [2.45, 2.75) is 59.3 Å². The highest BCUT2D eigenvalue weighted by molar-refractivity contribution is 6.01. The second kappa shape index (κ2) is 12.1. The summed E-state index contributed by atoms with van der Waals surface area (Å²) in [5, 5.41) is 29.6. The average molecular weight is 441 g/mol. The molecule has 0 aliphatic heterocycles. The summed E-state index contributed by atoms with van der Waals surface area (Å²) in [5.41, 5.74) is 2.35. The summed E-state index contributed by atoms with van der Waals surface area (Å²) in [6.07, 6.45) is 2.26. The molecule has 5 N–H and O–H groups in total. The molecule has 0 spiro atoms. The number of hydrogen-bond acceptors (Lipinski definition) is 6. The number of hydrogen-bond donors (Lipinski definition) is 3. The van der Waals surface area contributed by atoms with Gasteiger partial charge in [-0.1, -0.05) is 19.9 Å². The van der Waals surface area contributed by atoms with Crippen LogP contribution in [0.4, 0.5) is 0 Å². The number of phenolic OH excluding ortho intramolecular Hbond substituents is 1. The quantitative estimate of drug-likeness (QED) is 0.451. The van der Waals surface area contributed by atoms with Gasteiger partial charge in [-0.05, 0) is 67.6 Å². The Bertz CT molecular complexity index is 795. The number of aromatic hydroxyl groups is 1. The second-order valence-corrected chi connectivity index (χ2v) is 9.04. The summed E-state index contributed by atoms with van der Waals surface area (Å²) in [7, 11) is 0. The zero-order valence-corrected chi connectivity index (χ0v) is 18.7. The van der Waals surface area contributed by atoms with Gasteiger partial charge in [-0.25, -0.2) is 0 Å². The van der Waals surface area contributed by atoms with E-state index in [-0.39, 0.29) is 69.3 Å². The van der Waals surface area contributed by atoms with E-state index in [1.807, 2.05) is 6.07 Å². The van der Waals surface area contributed by atoms with Crippen molar-refractivity contribution in [3.63, 3.8) is 0 Å². The van der Waals surface area contributed by atoms with E-state index in [4.69, 9.17) is 0 Å². The highest BCUT2D eigenvalue weighted by atomic mass is 16.3. The Hall–Kier alpha value is -2.09. The van der Waals surface area contributed by atoms with Crippen LogP contribution in [0.5, 0.6) is 5.75 Å². The van der Waals surface area contributed by atoms with E-state index in [1.54, 1.807) is 6.07 Å². The summed E-state index contributed by atoms with van der Waals surface area (Å²) in [6.45, 7) is 5.03. The van der Waals surface area contributed by atoms with E-state index < -0.39 is 5.92 Å². The first kappa shape index (κ1) is 26.9. The summed E-state index contributed by atoms with van der Waals surface area (Å²) in [6, 6.07) is 3.47. The van der Waals surface area contributed by atoms with Gasteiger partial charge in [0.2, 0.25) is 0 Å². The van der Waals surface area contributed by atoms with E-state index in [2.05, 4.69) is 13.8 Å². The van der Waals surface area contributed by atoms with Crippen LogP contribution in [0, 0.1) is 23.7 Å². The first-order chi connectivity index (χ1) is 14.2. The molecule has 31 heavy (non-hydrogen) atoms. The Labute approximate surface area is 186 Å². The highest BCUT2D eigenvalue weighted by Crippen LogP contribution is 2.38. The molecule has 3 atom stereocenters. The molecule has 0 saturated heterocycles. The molecule has 0 radical (unpaired) electrons. The molecule has 7 nitrogen and oxygen atoms in total. The van der Waals surface area contributed by atoms with Crippen LogP contribution in [0.25, 0.3) is 0 Å². The van der Waals surface area contributed by atoms with Crippen LogP contribution in [-0.4, -0.2) is 51.4 Å². The summed E-state index contributed by atoms with van der Waals surface area (Å²) in [4.78, 5) is 36.7. The number of Topliss-reactive ketones (excluding diaryl/α,β-unsaturated/α-hetero) is 3. The number of ketones is 3. The minimum Gasteiger partial charge on any atom is -0.507 e. The number of phenols is 1. The fraction of sp³-hybridized carbons (Fsp3) is 0.625. The number of carbonyl (C=O) groups is 3. The van der Waals surface area contributed by atoms with E-state index in [1.165, 1.54) is 6.92 Å². The van der Waals surface area contributed by atoms with Crippen molar-refractivity contribution in [2.75, 3.05) is 13.2 Å². The molecule has 0 bridgehead atoms. The van der Waals surface area contributed by atoms with Gasteiger partial charge in [0.1, 0.15) is 17.3 Å². The van der Waals surface area contributed by atoms with Crippen molar-refractivity contribution in [1.82, 2.24) is 0 Å². The molecule has 3 unspecified atom stereocenters. The third kappa shape index (κ3) is 6.95. The van der Waals surface area contributed by atoms with Crippen LogP contribution >= 0.6 is 0 Å². The van der Waals surface area contributed by atoms with E-state index in [0.717, 1.165) is 17.5 Å². The molecule has 7 heteroatoms. The van der Waals surface area contributed by atoms with Gasteiger partial charge in [-0.3, -0.25) is 14.4 Å². The Balaban J connectivity index is 0. The summed E-state index contributed by atoms with van der Waals surface area (Å²) < 4.78 is 0. The predicted octanol–water partition coefficient (Wildman–Crippen LogP) is 2.55. The highest BCUT2D eigenvalue weighted by Gasteiger charge is 2.34. The lowest BCUT2D eigenvalue weighted by atomic mass is 9.72. The topological polar surface area (TPSA) is 143 Å². The number of benzene rings is 1. The van der Waals surface area contributed by atoms with Crippen molar-refractivity contribution in [3.8, 4) is 5.75 Å².